The second kappa shape index (κ2) is 7.15. The number of aryl methyl sites for hydroxylation is 1. The van der Waals surface area contributed by atoms with Gasteiger partial charge in [-0.1, -0.05) is 0 Å². The molecule has 1 heterocycles. The van der Waals surface area contributed by atoms with Crippen molar-refractivity contribution in [3.05, 3.63) is 22.1 Å². The number of ether oxygens (including phenoxy) is 1. The maximum absolute atomic E-state index is 12.0. The van der Waals surface area contributed by atoms with Gasteiger partial charge in [-0.05, 0) is 11.8 Å². The summed E-state index contributed by atoms with van der Waals surface area (Å²) in [6.07, 6.45) is 0.501. The summed E-state index contributed by atoms with van der Waals surface area (Å²) in [5.74, 6) is -2.34. The highest BCUT2D eigenvalue weighted by atomic mass is 16.6. The predicted molar refractivity (Wildman–Crippen MR) is 74.7 cm³/mol. The fraction of sp³-hybridized carbons (Fsp3) is 0.455. The summed E-state index contributed by atoms with van der Waals surface area (Å²) in [4.78, 5) is 41.1. The molecule has 0 aromatic carbocycles. The van der Waals surface area contributed by atoms with Crippen LogP contribution < -0.4 is 11.5 Å². The molecule has 0 aliphatic rings. The van der Waals surface area contributed by atoms with Crippen LogP contribution in [-0.2, 0) is 14.3 Å². The maximum atomic E-state index is 12.0. The summed E-state index contributed by atoms with van der Waals surface area (Å²) in [6.45, 7) is 3.08. The fourth-order valence-corrected chi connectivity index (χ4v) is 1.84. The van der Waals surface area contributed by atoms with Crippen LogP contribution in [0.3, 0.4) is 0 Å². The third kappa shape index (κ3) is 4.01. The number of carbonyl (C=O) groups is 2. The number of imidazole rings is 1. The molecule has 0 bridgehead atoms. The lowest BCUT2D eigenvalue weighted by atomic mass is 10.2. The minimum atomic E-state index is -1.28. The lowest BCUT2D eigenvalue weighted by molar-refractivity contribution is -0.392. The molecule has 0 aliphatic carbocycles. The third-order valence-corrected chi connectivity index (χ3v) is 2.64. The van der Waals surface area contributed by atoms with E-state index in [1.165, 1.54) is 6.92 Å². The Morgan fingerprint density at radius 1 is 1.55 bits per heavy atom. The van der Waals surface area contributed by atoms with E-state index in [9.17, 15) is 19.7 Å². The van der Waals surface area contributed by atoms with Gasteiger partial charge in [0.05, 0.1) is 13.0 Å². The van der Waals surface area contributed by atoms with Crippen LogP contribution in [0.15, 0.2) is 11.2 Å². The number of aromatic nitrogens is 2. The minimum absolute atomic E-state index is 0.0490. The average Bonchev–Trinajstić information content (AvgIpc) is 2.77. The van der Waals surface area contributed by atoms with E-state index in [1.54, 1.807) is 6.92 Å². The molecule has 0 spiro atoms. The van der Waals surface area contributed by atoms with Crippen molar-refractivity contribution in [2.24, 2.45) is 16.5 Å². The molecule has 0 saturated heterocycles. The highest BCUT2D eigenvalue weighted by Gasteiger charge is 2.35. The van der Waals surface area contributed by atoms with Crippen molar-refractivity contribution in [2.45, 2.75) is 26.3 Å². The standard InChI is InChI=1S/C11H16N6O5/c1-3-22-10(19)7(4-8(18)15-11(12)13)16-6(2)14-5-9(16)17(20)21/h5,7H,3-4H2,1-2H3,(H4,12,13,15,18). The van der Waals surface area contributed by atoms with Crippen molar-refractivity contribution in [1.29, 1.82) is 0 Å². The number of guanidine groups is 1. The predicted octanol–water partition coefficient (Wildman–Crippen LogP) is -0.606. The van der Waals surface area contributed by atoms with Crippen LogP contribution in [0, 0.1) is 17.0 Å². The number of amides is 1. The molecular weight excluding hydrogens is 296 g/mol. The van der Waals surface area contributed by atoms with Crippen LogP contribution in [-0.4, -0.2) is 38.9 Å². The average molecular weight is 312 g/mol. The van der Waals surface area contributed by atoms with E-state index in [0.717, 1.165) is 10.8 Å². The largest absolute Gasteiger partial charge is 0.463 e. The van der Waals surface area contributed by atoms with Crippen molar-refractivity contribution in [1.82, 2.24) is 9.55 Å². The quantitative estimate of drug-likeness (QED) is 0.230. The van der Waals surface area contributed by atoms with Gasteiger partial charge in [0.1, 0.15) is 6.20 Å². The number of hydrogen-bond acceptors (Lipinski definition) is 6. The summed E-state index contributed by atoms with van der Waals surface area (Å²) in [6, 6.07) is -1.28. The monoisotopic (exact) mass is 312 g/mol. The van der Waals surface area contributed by atoms with E-state index >= 15 is 0 Å². The molecule has 1 atom stereocenters. The molecule has 0 saturated carbocycles. The number of hydrogen-bond donors (Lipinski definition) is 2. The number of aliphatic imine (C=N–C) groups is 1. The Hall–Kier alpha value is -2.98. The first-order valence-corrected chi connectivity index (χ1v) is 6.25. The zero-order valence-corrected chi connectivity index (χ0v) is 12.1. The summed E-state index contributed by atoms with van der Waals surface area (Å²) in [5.41, 5.74) is 10.2. The molecule has 1 rings (SSSR count). The molecule has 4 N–H and O–H groups in total. The molecule has 22 heavy (non-hydrogen) atoms. The Morgan fingerprint density at radius 2 is 2.18 bits per heavy atom. The first-order chi connectivity index (χ1) is 10.3. The summed E-state index contributed by atoms with van der Waals surface area (Å²) < 4.78 is 5.86. The molecule has 120 valence electrons. The normalized spacial score (nSPS) is 11.5. The fourth-order valence-electron chi connectivity index (χ4n) is 1.84. The van der Waals surface area contributed by atoms with E-state index in [-0.39, 0.29) is 12.4 Å². The Bertz CT molecular complexity index is 618. The van der Waals surface area contributed by atoms with Gasteiger partial charge in [-0.3, -0.25) is 4.79 Å². The highest BCUT2D eigenvalue weighted by molar-refractivity contribution is 5.93. The van der Waals surface area contributed by atoms with Gasteiger partial charge in [0.25, 0.3) is 5.91 Å². The second-order valence-corrected chi connectivity index (χ2v) is 4.19. The number of nitrogens with zero attached hydrogens (tertiary/aromatic N) is 4. The number of rotatable bonds is 6. The first-order valence-electron chi connectivity index (χ1n) is 6.25. The van der Waals surface area contributed by atoms with Gasteiger partial charge in [-0.25, -0.2) is 9.78 Å². The van der Waals surface area contributed by atoms with Gasteiger partial charge in [0.2, 0.25) is 6.04 Å². The van der Waals surface area contributed by atoms with Crippen LogP contribution in [0.5, 0.6) is 0 Å². The van der Waals surface area contributed by atoms with Crippen molar-refractivity contribution >= 4 is 23.7 Å². The van der Waals surface area contributed by atoms with Gasteiger partial charge < -0.3 is 26.3 Å². The lowest BCUT2D eigenvalue weighted by Gasteiger charge is -2.13. The summed E-state index contributed by atoms with van der Waals surface area (Å²) in [7, 11) is 0. The molecule has 1 aromatic heterocycles. The number of carbonyl (C=O) groups excluding carboxylic acids is 2. The van der Waals surface area contributed by atoms with Gasteiger partial charge >= 0.3 is 11.8 Å². The maximum Gasteiger partial charge on any atom is 0.352 e. The number of nitro groups is 1. The van der Waals surface area contributed by atoms with Crippen molar-refractivity contribution in [3.8, 4) is 0 Å². The smallest absolute Gasteiger partial charge is 0.352 e. The van der Waals surface area contributed by atoms with Crippen LogP contribution in [0.1, 0.15) is 25.2 Å². The SMILES string of the molecule is CCOC(=O)C(CC(=O)N=C(N)N)n1c([N+](=O)[O-])cnc1C. The van der Waals surface area contributed by atoms with Crippen LogP contribution >= 0.6 is 0 Å². The first kappa shape index (κ1) is 17.1. The van der Waals surface area contributed by atoms with Gasteiger partial charge in [-0.15, -0.1) is 0 Å². The van der Waals surface area contributed by atoms with Crippen molar-refractivity contribution in [2.75, 3.05) is 6.61 Å². The summed E-state index contributed by atoms with van der Waals surface area (Å²) in [5, 5.41) is 11.0. The zero-order chi connectivity index (χ0) is 16.9. The highest BCUT2D eigenvalue weighted by Crippen LogP contribution is 2.24. The molecule has 0 radical (unpaired) electrons. The number of nitrogens with two attached hydrogens (primary N) is 2. The Balaban J connectivity index is 3.24. The molecule has 1 aromatic rings. The van der Waals surface area contributed by atoms with Crippen molar-refractivity contribution < 1.29 is 19.2 Å². The molecule has 1 amide bonds. The third-order valence-electron chi connectivity index (χ3n) is 2.64. The number of esters is 1. The zero-order valence-electron chi connectivity index (χ0n) is 12.1. The molecule has 1 unspecified atom stereocenters. The van der Waals surface area contributed by atoms with E-state index in [1.807, 2.05) is 0 Å². The Kier molecular flexibility index (Phi) is 5.55. The molecule has 11 heteroatoms. The van der Waals surface area contributed by atoms with E-state index in [0.29, 0.717) is 0 Å². The molecule has 0 fully saturated rings. The summed E-state index contributed by atoms with van der Waals surface area (Å²) >= 11 is 0. The van der Waals surface area contributed by atoms with Crippen molar-refractivity contribution in [3.63, 3.8) is 0 Å². The van der Waals surface area contributed by atoms with Gasteiger partial charge in [0, 0.05) is 6.92 Å². The Labute approximate surface area is 125 Å². The topological polar surface area (TPSA) is 169 Å². The van der Waals surface area contributed by atoms with Crippen LogP contribution in [0.25, 0.3) is 0 Å². The lowest BCUT2D eigenvalue weighted by Crippen LogP contribution is -2.28. The van der Waals surface area contributed by atoms with Crippen LogP contribution in [0.4, 0.5) is 5.82 Å². The van der Waals surface area contributed by atoms with Gasteiger partial charge in [0.15, 0.2) is 11.8 Å². The van der Waals surface area contributed by atoms with E-state index in [2.05, 4.69) is 9.98 Å². The van der Waals surface area contributed by atoms with Crippen LogP contribution in [0.2, 0.25) is 0 Å². The van der Waals surface area contributed by atoms with E-state index in [4.69, 9.17) is 16.2 Å². The second-order valence-electron chi connectivity index (χ2n) is 4.19. The molecule has 0 aliphatic heterocycles. The molecular formula is C11H16N6O5. The molecule has 11 nitrogen and oxygen atoms in total. The van der Waals surface area contributed by atoms with Gasteiger partial charge in [-0.2, -0.15) is 9.56 Å². The Morgan fingerprint density at radius 3 is 2.68 bits per heavy atom. The minimum Gasteiger partial charge on any atom is -0.463 e. The van der Waals surface area contributed by atoms with E-state index < -0.39 is 41.0 Å².